The Morgan fingerprint density at radius 2 is 1.18 bits per heavy atom. The fourth-order valence-electron chi connectivity index (χ4n) is 7.31. The van der Waals surface area contributed by atoms with E-state index in [0.29, 0.717) is 5.84 Å². The highest BCUT2D eigenvalue weighted by Crippen LogP contribution is 2.40. The molecule has 1 aliphatic heterocycles. The topological polar surface area (TPSA) is 49.9 Å². The van der Waals surface area contributed by atoms with Gasteiger partial charge in [-0.3, -0.25) is 0 Å². The van der Waals surface area contributed by atoms with Crippen LogP contribution in [0.1, 0.15) is 22.9 Å². The molecule has 0 amide bonds. The number of fused-ring (bicyclic) bond motifs is 7. The molecule has 0 bridgehead atoms. The summed E-state index contributed by atoms with van der Waals surface area (Å²) in [5.41, 5.74) is 6.85. The first kappa shape index (κ1) is 27.6. The standard InChI is InChI=1S/C45H29N3O/c1-2-12-31(13-3-1)43-46-44(34-23-18-28-10-4-5-14-32(28)26-34)48-45(47-43)42-36(24-25-40-41(42)37-16-8-9-17-39(37)49-40)33-22-21-30-20-19-29-11-6-7-15-35(29)38(30)27-33/h1-27,44H,(H,46,47,48). The number of aliphatic imine (C=N–C) groups is 2. The number of hydrogen-bond donors (Lipinski definition) is 1. The van der Waals surface area contributed by atoms with Crippen molar-refractivity contribution in [2.45, 2.75) is 6.17 Å². The van der Waals surface area contributed by atoms with Gasteiger partial charge in [0.2, 0.25) is 0 Å². The maximum Gasteiger partial charge on any atom is 0.160 e. The summed E-state index contributed by atoms with van der Waals surface area (Å²) >= 11 is 0. The van der Waals surface area contributed by atoms with Gasteiger partial charge in [-0.25, -0.2) is 9.98 Å². The number of benzene rings is 8. The van der Waals surface area contributed by atoms with E-state index in [1.807, 2.05) is 30.3 Å². The molecular weight excluding hydrogens is 599 g/mol. The lowest BCUT2D eigenvalue weighted by Gasteiger charge is -2.25. The average Bonchev–Trinajstić information content (AvgIpc) is 3.56. The third-order valence-corrected chi connectivity index (χ3v) is 9.70. The van der Waals surface area contributed by atoms with Crippen molar-refractivity contribution in [2.24, 2.45) is 9.98 Å². The number of amidine groups is 2. The summed E-state index contributed by atoms with van der Waals surface area (Å²) in [6.07, 6.45) is -0.353. The van der Waals surface area contributed by atoms with E-state index in [9.17, 15) is 0 Å². The van der Waals surface area contributed by atoms with Gasteiger partial charge in [0.25, 0.3) is 0 Å². The van der Waals surface area contributed by atoms with E-state index >= 15 is 0 Å². The average molecular weight is 628 g/mol. The molecule has 4 nitrogen and oxygen atoms in total. The van der Waals surface area contributed by atoms with Gasteiger partial charge in [-0.05, 0) is 79.3 Å². The Hall–Kier alpha value is -6.52. The van der Waals surface area contributed by atoms with E-state index in [2.05, 4.69) is 139 Å². The highest BCUT2D eigenvalue weighted by Gasteiger charge is 2.26. The second-order valence-electron chi connectivity index (χ2n) is 12.6. The molecule has 49 heavy (non-hydrogen) atoms. The van der Waals surface area contributed by atoms with Crippen molar-refractivity contribution in [3.05, 3.63) is 180 Å². The molecule has 4 heteroatoms. The van der Waals surface area contributed by atoms with Gasteiger partial charge >= 0.3 is 0 Å². The van der Waals surface area contributed by atoms with Crippen LogP contribution < -0.4 is 5.32 Å². The van der Waals surface area contributed by atoms with E-state index < -0.39 is 0 Å². The fourth-order valence-corrected chi connectivity index (χ4v) is 7.31. The van der Waals surface area contributed by atoms with E-state index in [1.54, 1.807) is 0 Å². The Morgan fingerprint density at radius 3 is 2.06 bits per heavy atom. The van der Waals surface area contributed by atoms with Crippen molar-refractivity contribution >= 4 is 65.9 Å². The monoisotopic (exact) mass is 627 g/mol. The van der Waals surface area contributed by atoms with Crippen LogP contribution in [-0.2, 0) is 0 Å². The van der Waals surface area contributed by atoms with Gasteiger partial charge in [-0.15, -0.1) is 0 Å². The van der Waals surface area contributed by atoms with Crippen LogP contribution >= 0.6 is 0 Å². The molecule has 1 atom stereocenters. The van der Waals surface area contributed by atoms with Crippen LogP contribution in [0.4, 0.5) is 0 Å². The van der Waals surface area contributed by atoms with Gasteiger partial charge in [-0.1, -0.05) is 133 Å². The van der Waals surface area contributed by atoms with E-state index in [4.69, 9.17) is 14.4 Å². The van der Waals surface area contributed by atoms with Crippen molar-refractivity contribution in [3.8, 4) is 11.1 Å². The summed E-state index contributed by atoms with van der Waals surface area (Å²) in [5.74, 6) is 1.45. The van der Waals surface area contributed by atoms with Crippen molar-refractivity contribution < 1.29 is 4.42 Å². The molecule has 1 unspecified atom stereocenters. The van der Waals surface area contributed by atoms with Gasteiger partial charge in [0.1, 0.15) is 23.2 Å². The summed E-state index contributed by atoms with van der Waals surface area (Å²) in [6, 6.07) is 57.6. The van der Waals surface area contributed by atoms with E-state index in [-0.39, 0.29) is 6.17 Å². The summed E-state index contributed by atoms with van der Waals surface area (Å²) in [5, 5.41) is 13.0. The molecule has 230 valence electrons. The first-order valence-corrected chi connectivity index (χ1v) is 16.6. The smallest absolute Gasteiger partial charge is 0.160 e. The molecule has 0 spiro atoms. The Kier molecular flexibility index (Phi) is 6.21. The molecule has 2 heterocycles. The predicted octanol–water partition coefficient (Wildman–Crippen LogP) is 11.2. The molecule has 1 N–H and O–H groups in total. The lowest BCUT2D eigenvalue weighted by atomic mass is 9.91. The molecule has 8 aromatic carbocycles. The van der Waals surface area contributed by atoms with Crippen LogP contribution in [0.15, 0.2) is 178 Å². The maximum atomic E-state index is 6.45. The van der Waals surface area contributed by atoms with Crippen molar-refractivity contribution in [1.29, 1.82) is 0 Å². The van der Waals surface area contributed by atoms with E-state index in [1.165, 1.54) is 32.3 Å². The number of hydrogen-bond acceptors (Lipinski definition) is 4. The maximum absolute atomic E-state index is 6.45. The van der Waals surface area contributed by atoms with Gasteiger partial charge in [0.15, 0.2) is 5.84 Å². The van der Waals surface area contributed by atoms with Crippen molar-refractivity contribution in [1.82, 2.24) is 5.32 Å². The zero-order valence-electron chi connectivity index (χ0n) is 26.5. The largest absolute Gasteiger partial charge is 0.456 e. The second kappa shape index (κ2) is 11.0. The number of nitrogens with one attached hydrogen (secondary N) is 1. The number of para-hydroxylation sites is 1. The number of rotatable bonds is 4. The zero-order valence-corrected chi connectivity index (χ0v) is 26.5. The Labute approximate surface area is 282 Å². The minimum absolute atomic E-state index is 0.353. The SMILES string of the molecule is c1ccc(C2=NC(c3c(-c4ccc5ccc6ccccc6c5c4)ccc4oc5ccccc5c34)=NC(c3ccc4ccccc4c3)N2)cc1. The van der Waals surface area contributed by atoms with Gasteiger partial charge in [0.05, 0.1) is 0 Å². The normalized spacial score (nSPS) is 14.7. The van der Waals surface area contributed by atoms with Crippen LogP contribution in [0.3, 0.4) is 0 Å². The molecule has 9 aromatic rings. The predicted molar refractivity (Wildman–Crippen MR) is 204 cm³/mol. The third-order valence-electron chi connectivity index (χ3n) is 9.70. The third kappa shape index (κ3) is 4.61. The lowest BCUT2D eigenvalue weighted by Crippen LogP contribution is -2.33. The molecule has 1 aliphatic rings. The van der Waals surface area contributed by atoms with Crippen LogP contribution in [0, 0.1) is 0 Å². The molecule has 0 radical (unpaired) electrons. The zero-order chi connectivity index (χ0) is 32.3. The molecule has 0 aliphatic carbocycles. The Bertz CT molecular complexity index is 2810. The Morgan fingerprint density at radius 1 is 0.490 bits per heavy atom. The summed E-state index contributed by atoms with van der Waals surface area (Å²) in [7, 11) is 0. The van der Waals surface area contributed by atoms with Gasteiger partial charge < -0.3 is 9.73 Å². The minimum Gasteiger partial charge on any atom is -0.456 e. The van der Waals surface area contributed by atoms with Crippen LogP contribution in [0.5, 0.6) is 0 Å². The van der Waals surface area contributed by atoms with Crippen LogP contribution in [-0.4, -0.2) is 11.7 Å². The summed E-state index contributed by atoms with van der Waals surface area (Å²) in [4.78, 5) is 10.7. The number of nitrogens with zero attached hydrogens (tertiary/aromatic N) is 2. The van der Waals surface area contributed by atoms with Crippen LogP contribution in [0.2, 0.25) is 0 Å². The van der Waals surface area contributed by atoms with Gasteiger partial charge in [0, 0.05) is 21.9 Å². The second-order valence-corrected chi connectivity index (χ2v) is 12.6. The lowest BCUT2D eigenvalue weighted by molar-refractivity contribution is 0.668. The first-order chi connectivity index (χ1) is 24.3. The van der Waals surface area contributed by atoms with Gasteiger partial charge in [-0.2, -0.15) is 0 Å². The molecule has 0 saturated heterocycles. The summed E-state index contributed by atoms with van der Waals surface area (Å²) in [6.45, 7) is 0. The molecular formula is C45H29N3O. The highest BCUT2D eigenvalue weighted by molar-refractivity contribution is 6.25. The Balaban J connectivity index is 1.26. The first-order valence-electron chi connectivity index (χ1n) is 16.6. The van der Waals surface area contributed by atoms with Crippen LogP contribution in [0.25, 0.3) is 65.4 Å². The highest BCUT2D eigenvalue weighted by atomic mass is 16.3. The molecule has 1 aromatic heterocycles. The molecule has 0 saturated carbocycles. The molecule has 0 fully saturated rings. The van der Waals surface area contributed by atoms with Crippen molar-refractivity contribution in [3.63, 3.8) is 0 Å². The number of furan rings is 1. The minimum atomic E-state index is -0.353. The van der Waals surface area contributed by atoms with E-state index in [0.717, 1.165) is 55.6 Å². The molecule has 10 rings (SSSR count). The van der Waals surface area contributed by atoms with Crippen molar-refractivity contribution in [2.75, 3.05) is 0 Å². The quantitative estimate of drug-likeness (QED) is 0.197. The summed E-state index contributed by atoms with van der Waals surface area (Å²) < 4.78 is 6.45. The fraction of sp³-hybridized carbons (Fsp3) is 0.0222.